The van der Waals surface area contributed by atoms with E-state index in [-0.39, 0.29) is 45.9 Å². The van der Waals surface area contributed by atoms with E-state index in [1.54, 1.807) is 6.07 Å². The van der Waals surface area contributed by atoms with Gasteiger partial charge in [0.25, 0.3) is 21.7 Å². The largest absolute Gasteiger partial charge is 0.456 e. The van der Waals surface area contributed by atoms with Gasteiger partial charge in [0.15, 0.2) is 5.75 Å². The summed E-state index contributed by atoms with van der Waals surface area (Å²) in [5.41, 5.74) is 0.156. The first kappa shape index (κ1) is 26.9. The first-order valence-electron chi connectivity index (χ1n) is 11.2. The molecule has 13 heteroatoms. The second-order valence-corrected chi connectivity index (χ2v) is 11.3. The van der Waals surface area contributed by atoms with Gasteiger partial charge in [-0.3, -0.25) is 18.9 Å². The van der Waals surface area contributed by atoms with Crippen molar-refractivity contribution in [3.05, 3.63) is 73.3 Å². The second-order valence-electron chi connectivity index (χ2n) is 8.47. The maximum atomic E-state index is 14.7. The molecule has 0 atom stereocenters. The first-order valence-corrected chi connectivity index (χ1v) is 13.8. The Morgan fingerprint density at radius 3 is 2.43 bits per heavy atom. The lowest BCUT2D eigenvalue weighted by atomic mass is 10.1. The molecule has 1 heterocycles. The predicted molar refractivity (Wildman–Crippen MR) is 147 cm³/mol. The minimum absolute atomic E-state index is 0.0122. The number of carbonyl (C=O) groups is 1. The zero-order chi connectivity index (χ0) is 26.9. The number of anilines is 3. The molecule has 4 rings (SSSR count). The van der Waals surface area contributed by atoms with Crippen molar-refractivity contribution in [1.82, 2.24) is 14.6 Å². The van der Waals surface area contributed by atoms with E-state index in [1.807, 2.05) is 22.6 Å². The number of nitrogens with one attached hydrogen (secondary N) is 4. The van der Waals surface area contributed by atoms with E-state index in [0.717, 1.165) is 12.8 Å². The van der Waals surface area contributed by atoms with Gasteiger partial charge < -0.3 is 15.4 Å². The predicted octanol–water partition coefficient (Wildman–Crippen LogP) is 3.74. The van der Waals surface area contributed by atoms with Gasteiger partial charge in [-0.2, -0.15) is 8.42 Å². The average molecular weight is 641 g/mol. The summed E-state index contributed by atoms with van der Waals surface area (Å²) in [4.78, 5) is 26.5. The number of nitrogens with zero attached hydrogens (tertiary/aromatic N) is 1. The highest BCUT2D eigenvalue weighted by molar-refractivity contribution is 14.1. The number of halogens is 2. The van der Waals surface area contributed by atoms with Crippen LogP contribution in [0.5, 0.6) is 11.5 Å². The van der Waals surface area contributed by atoms with Crippen LogP contribution < -0.4 is 30.4 Å². The molecule has 0 radical (unpaired) electrons. The van der Waals surface area contributed by atoms with E-state index < -0.39 is 27.5 Å². The lowest BCUT2D eigenvalue weighted by Crippen LogP contribution is -2.31. The zero-order valence-corrected chi connectivity index (χ0v) is 23.2. The molecule has 1 aromatic heterocycles. The van der Waals surface area contributed by atoms with Crippen LogP contribution in [0.3, 0.4) is 0 Å². The van der Waals surface area contributed by atoms with Crippen LogP contribution in [0.1, 0.15) is 28.8 Å². The zero-order valence-electron chi connectivity index (χ0n) is 20.2. The molecule has 0 unspecified atom stereocenters. The normalized spacial score (nSPS) is 13.2. The Morgan fingerprint density at radius 2 is 1.84 bits per heavy atom. The van der Waals surface area contributed by atoms with Crippen LogP contribution in [-0.2, 0) is 17.3 Å². The molecular weight excluding hydrogens is 616 g/mol. The fourth-order valence-corrected chi connectivity index (χ4v) is 4.52. The molecule has 0 saturated heterocycles. The fourth-order valence-electron chi connectivity index (χ4n) is 3.52. The molecule has 1 aliphatic carbocycles. The summed E-state index contributed by atoms with van der Waals surface area (Å²) in [7, 11) is -0.937. The molecule has 1 amide bonds. The van der Waals surface area contributed by atoms with E-state index in [4.69, 9.17) is 4.74 Å². The van der Waals surface area contributed by atoms with Crippen LogP contribution in [0.25, 0.3) is 0 Å². The van der Waals surface area contributed by atoms with Gasteiger partial charge >= 0.3 is 0 Å². The maximum absolute atomic E-state index is 14.7. The van der Waals surface area contributed by atoms with Gasteiger partial charge in [-0.05, 0) is 84.8 Å². The van der Waals surface area contributed by atoms with E-state index in [2.05, 4.69) is 20.1 Å². The molecule has 2 aromatic carbocycles. The van der Waals surface area contributed by atoms with Crippen molar-refractivity contribution in [1.29, 1.82) is 0 Å². The standard InChI is InChI=1S/C24H25FIN5O5S/c1-13-21(36-17-9-7-16(8-10-17)30-37(34,35)27-2)20(23(32)28-15-5-6-15)22(31(3)24(13)33)29-19-11-4-14(26)12-18(19)25/h4,7-12,15,27,29-30H,5-6H2,1-3H3,(H,28,32). The van der Waals surface area contributed by atoms with Crippen molar-refractivity contribution in [2.75, 3.05) is 17.1 Å². The molecule has 3 aromatic rings. The molecule has 1 saturated carbocycles. The van der Waals surface area contributed by atoms with Crippen LogP contribution in [0.15, 0.2) is 47.3 Å². The number of rotatable bonds is 9. The Hall–Kier alpha value is -3.17. The summed E-state index contributed by atoms with van der Waals surface area (Å²) in [5, 5.41) is 5.82. The summed E-state index contributed by atoms with van der Waals surface area (Å²) >= 11 is 1.99. The van der Waals surface area contributed by atoms with Gasteiger partial charge in [0.2, 0.25) is 0 Å². The molecule has 0 aliphatic heterocycles. The van der Waals surface area contributed by atoms with Crippen LogP contribution in [-0.4, -0.2) is 32.0 Å². The Kier molecular flexibility index (Phi) is 7.75. The van der Waals surface area contributed by atoms with Crippen molar-refractivity contribution in [2.45, 2.75) is 25.8 Å². The molecule has 1 fully saturated rings. The smallest absolute Gasteiger partial charge is 0.298 e. The van der Waals surface area contributed by atoms with Crippen LogP contribution >= 0.6 is 22.6 Å². The number of benzene rings is 2. The van der Waals surface area contributed by atoms with Crippen LogP contribution in [0.2, 0.25) is 0 Å². The van der Waals surface area contributed by atoms with E-state index in [0.29, 0.717) is 3.57 Å². The second kappa shape index (κ2) is 10.7. The number of ether oxygens (including phenoxy) is 1. The summed E-state index contributed by atoms with van der Waals surface area (Å²) in [6.45, 7) is 1.54. The molecule has 0 bridgehead atoms. The number of hydrogen-bond acceptors (Lipinski definition) is 6. The third-order valence-electron chi connectivity index (χ3n) is 5.68. The number of aromatic nitrogens is 1. The summed E-state index contributed by atoms with van der Waals surface area (Å²) < 4.78 is 50.6. The lowest BCUT2D eigenvalue weighted by molar-refractivity contribution is 0.0948. The Morgan fingerprint density at radius 1 is 1.16 bits per heavy atom. The van der Waals surface area contributed by atoms with E-state index >= 15 is 0 Å². The topological polar surface area (TPSA) is 131 Å². The van der Waals surface area contributed by atoms with Crippen LogP contribution in [0, 0.1) is 16.3 Å². The van der Waals surface area contributed by atoms with Crippen LogP contribution in [0.4, 0.5) is 21.6 Å². The summed E-state index contributed by atoms with van der Waals surface area (Å²) in [5.74, 6) is -0.672. The van der Waals surface area contributed by atoms with Gasteiger partial charge in [0.05, 0.1) is 16.9 Å². The number of hydrogen-bond donors (Lipinski definition) is 4. The van der Waals surface area contributed by atoms with Crippen molar-refractivity contribution in [3.8, 4) is 11.5 Å². The summed E-state index contributed by atoms with van der Waals surface area (Å²) in [6, 6.07) is 10.5. The molecule has 0 spiro atoms. The van der Waals surface area contributed by atoms with Gasteiger partial charge in [-0.1, -0.05) is 0 Å². The highest BCUT2D eigenvalue weighted by atomic mass is 127. The highest BCUT2D eigenvalue weighted by Gasteiger charge is 2.30. The third kappa shape index (κ3) is 6.22. The molecule has 10 nitrogen and oxygen atoms in total. The van der Waals surface area contributed by atoms with Gasteiger partial charge in [-0.25, -0.2) is 9.11 Å². The maximum Gasteiger partial charge on any atom is 0.298 e. The first-order chi connectivity index (χ1) is 17.5. The molecule has 196 valence electrons. The Balaban J connectivity index is 1.79. The molecular formula is C24H25FIN5O5S. The minimum atomic E-state index is -3.70. The average Bonchev–Trinajstić information content (AvgIpc) is 3.67. The number of pyridine rings is 1. The van der Waals surface area contributed by atoms with Gasteiger partial charge in [0.1, 0.15) is 22.9 Å². The van der Waals surface area contributed by atoms with E-state index in [9.17, 15) is 22.4 Å². The Bertz CT molecular complexity index is 1520. The molecule has 4 N–H and O–H groups in total. The Labute approximate surface area is 226 Å². The number of amides is 1. The van der Waals surface area contributed by atoms with Crippen molar-refractivity contribution < 1.29 is 22.3 Å². The highest BCUT2D eigenvalue weighted by Crippen LogP contribution is 2.35. The lowest BCUT2D eigenvalue weighted by Gasteiger charge is -2.21. The van der Waals surface area contributed by atoms with Crippen molar-refractivity contribution >= 4 is 55.9 Å². The fraction of sp³-hybridized carbons (Fsp3) is 0.250. The number of carbonyl (C=O) groups excluding carboxylic acids is 1. The van der Waals surface area contributed by atoms with Crippen molar-refractivity contribution in [3.63, 3.8) is 0 Å². The third-order valence-corrected chi connectivity index (χ3v) is 7.40. The SMILES string of the molecule is CNS(=O)(=O)Nc1ccc(Oc2c(C(=O)NC3CC3)c(Nc3ccc(I)cc3F)n(C)c(=O)c2C)cc1. The summed E-state index contributed by atoms with van der Waals surface area (Å²) in [6.07, 6.45) is 1.68. The monoisotopic (exact) mass is 641 g/mol. The quantitative estimate of drug-likeness (QED) is 0.264. The van der Waals surface area contributed by atoms with Gasteiger partial charge in [0, 0.05) is 23.7 Å². The molecule has 37 heavy (non-hydrogen) atoms. The van der Waals surface area contributed by atoms with E-state index in [1.165, 1.54) is 62.0 Å². The minimum Gasteiger partial charge on any atom is -0.456 e. The van der Waals surface area contributed by atoms with Gasteiger partial charge in [-0.15, -0.1) is 0 Å². The van der Waals surface area contributed by atoms with Crippen molar-refractivity contribution in [2.24, 2.45) is 7.05 Å². The molecule has 1 aliphatic rings.